The first kappa shape index (κ1) is 15.7. The topological polar surface area (TPSA) is 89.4 Å². The van der Waals surface area contributed by atoms with Crippen LogP contribution in [0.25, 0.3) is 0 Å². The summed E-state index contributed by atoms with van der Waals surface area (Å²) in [6, 6.07) is 0. The first-order chi connectivity index (χ1) is 8.90. The molecule has 0 unspecified atom stereocenters. The molecular formula is C11H15FN2O4S. The van der Waals surface area contributed by atoms with Gasteiger partial charge in [0.2, 0.25) is 0 Å². The van der Waals surface area contributed by atoms with Gasteiger partial charge < -0.3 is 4.74 Å². The smallest absolute Gasteiger partial charge is 0.268 e. The Balaban J connectivity index is 3.09. The molecule has 0 aliphatic heterocycles. The second-order valence-corrected chi connectivity index (χ2v) is 5.49. The maximum absolute atomic E-state index is 12.8. The Morgan fingerprint density at radius 2 is 2.11 bits per heavy atom. The molecule has 19 heavy (non-hydrogen) atoms. The lowest BCUT2D eigenvalue weighted by Crippen LogP contribution is -2.29. The highest BCUT2D eigenvalue weighted by Crippen LogP contribution is 2.25. The number of hydrogen-bond acceptors (Lipinski definition) is 5. The Hall–Kier alpha value is -1.38. The van der Waals surface area contributed by atoms with Gasteiger partial charge in [-0.05, 0) is 6.42 Å². The average molecular weight is 290 g/mol. The standard InChI is InChI=1S/C11H15FN2O4S/c1-3-9(11-13-6-8(12)7-14-11)10(4-5-18-2)19(15,16)17/h3,6-7,9-10H,1,4-5H2,2H3,(H,15,16,17)/t9-,10+/m0/s1. The molecule has 2 atom stereocenters. The summed E-state index contributed by atoms with van der Waals surface area (Å²) in [5.74, 6) is -1.40. The molecule has 0 saturated heterocycles. The maximum atomic E-state index is 12.8. The maximum Gasteiger partial charge on any atom is 0.268 e. The fourth-order valence-electron chi connectivity index (χ4n) is 1.67. The van der Waals surface area contributed by atoms with E-state index < -0.39 is 27.1 Å². The van der Waals surface area contributed by atoms with Crippen molar-refractivity contribution in [2.24, 2.45) is 0 Å². The predicted octanol–water partition coefficient (Wildman–Crippen LogP) is 1.18. The molecule has 0 bridgehead atoms. The molecule has 1 N–H and O–H groups in total. The van der Waals surface area contributed by atoms with Crippen LogP contribution in [-0.4, -0.2) is 41.9 Å². The first-order valence-electron chi connectivity index (χ1n) is 5.45. The van der Waals surface area contributed by atoms with Gasteiger partial charge in [0.1, 0.15) is 11.1 Å². The molecule has 1 aromatic heterocycles. The van der Waals surface area contributed by atoms with E-state index in [0.717, 1.165) is 12.4 Å². The number of nitrogens with zero attached hydrogens (tertiary/aromatic N) is 2. The van der Waals surface area contributed by atoms with Gasteiger partial charge in [-0.3, -0.25) is 4.55 Å². The lowest BCUT2D eigenvalue weighted by atomic mass is 10.0. The largest absolute Gasteiger partial charge is 0.385 e. The van der Waals surface area contributed by atoms with Crippen LogP contribution in [0.1, 0.15) is 18.2 Å². The molecule has 0 radical (unpaired) electrons. The number of ether oxygens (including phenoxy) is 1. The molecule has 0 spiro atoms. The Morgan fingerprint density at radius 3 is 2.53 bits per heavy atom. The minimum Gasteiger partial charge on any atom is -0.385 e. The van der Waals surface area contributed by atoms with Crippen LogP contribution in [0.2, 0.25) is 0 Å². The molecule has 0 fully saturated rings. The van der Waals surface area contributed by atoms with Crippen LogP contribution >= 0.6 is 0 Å². The number of hydrogen-bond donors (Lipinski definition) is 1. The van der Waals surface area contributed by atoms with Gasteiger partial charge in [-0.2, -0.15) is 8.42 Å². The third-order valence-corrected chi connectivity index (χ3v) is 3.88. The fourth-order valence-corrected chi connectivity index (χ4v) is 2.66. The molecule has 0 aliphatic carbocycles. The second kappa shape index (κ2) is 6.69. The van der Waals surface area contributed by atoms with Crippen molar-refractivity contribution in [2.45, 2.75) is 17.6 Å². The van der Waals surface area contributed by atoms with Crippen LogP contribution in [0.3, 0.4) is 0 Å². The fraction of sp³-hybridized carbons (Fsp3) is 0.455. The Labute approximate surface area is 111 Å². The minimum absolute atomic E-state index is 0.0484. The lowest BCUT2D eigenvalue weighted by molar-refractivity contribution is 0.191. The van der Waals surface area contributed by atoms with E-state index in [2.05, 4.69) is 16.5 Å². The third kappa shape index (κ3) is 4.34. The Bertz CT molecular complexity index is 518. The molecular weight excluding hydrogens is 275 g/mol. The summed E-state index contributed by atoms with van der Waals surface area (Å²) in [6.45, 7) is 3.65. The van der Waals surface area contributed by atoms with Crippen molar-refractivity contribution in [2.75, 3.05) is 13.7 Å². The summed E-state index contributed by atoms with van der Waals surface area (Å²) in [5, 5.41) is -1.18. The van der Waals surface area contributed by atoms with Gasteiger partial charge in [0.25, 0.3) is 10.1 Å². The molecule has 0 saturated carbocycles. The van der Waals surface area contributed by atoms with Gasteiger partial charge in [-0.25, -0.2) is 14.4 Å². The predicted molar refractivity (Wildman–Crippen MR) is 66.8 cm³/mol. The van der Waals surface area contributed by atoms with Crippen LogP contribution in [-0.2, 0) is 14.9 Å². The van der Waals surface area contributed by atoms with Crippen molar-refractivity contribution in [3.05, 3.63) is 36.7 Å². The Kier molecular flexibility index (Phi) is 5.52. The van der Waals surface area contributed by atoms with Crippen molar-refractivity contribution in [3.63, 3.8) is 0 Å². The van der Waals surface area contributed by atoms with Crippen molar-refractivity contribution in [1.82, 2.24) is 9.97 Å². The Morgan fingerprint density at radius 1 is 1.53 bits per heavy atom. The summed E-state index contributed by atoms with van der Waals surface area (Å²) >= 11 is 0. The summed E-state index contributed by atoms with van der Waals surface area (Å²) < 4.78 is 49.6. The van der Waals surface area contributed by atoms with Crippen molar-refractivity contribution in [1.29, 1.82) is 0 Å². The first-order valence-corrected chi connectivity index (χ1v) is 6.95. The third-order valence-electron chi connectivity index (χ3n) is 2.58. The van der Waals surface area contributed by atoms with Gasteiger partial charge in [0, 0.05) is 13.7 Å². The van der Waals surface area contributed by atoms with E-state index in [1.54, 1.807) is 0 Å². The van der Waals surface area contributed by atoms with Crippen LogP contribution in [0.5, 0.6) is 0 Å². The molecule has 0 aromatic carbocycles. The van der Waals surface area contributed by atoms with E-state index in [9.17, 15) is 17.4 Å². The second-order valence-electron chi connectivity index (χ2n) is 3.86. The summed E-state index contributed by atoms with van der Waals surface area (Å²) in [4.78, 5) is 7.44. The quantitative estimate of drug-likeness (QED) is 0.599. The zero-order chi connectivity index (χ0) is 14.5. The van der Waals surface area contributed by atoms with Gasteiger partial charge in [-0.15, -0.1) is 6.58 Å². The van der Waals surface area contributed by atoms with Gasteiger partial charge >= 0.3 is 0 Å². The van der Waals surface area contributed by atoms with E-state index >= 15 is 0 Å². The normalized spacial score (nSPS) is 14.9. The van der Waals surface area contributed by atoms with E-state index in [0.29, 0.717) is 0 Å². The van der Waals surface area contributed by atoms with Gasteiger partial charge in [-0.1, -0.05) is 6.08 Å². The highest BCUT2D eigenvalue weighted by Gasteiger charge is 2.32. The SMILES string of the molecule is C=C[C@H](c1ncc(F)cn1)[C@@H](CCOC)S(=O)(=O)O. The molecule has 8 heteroatoms. The number of rotatable bonds is 7. The van der Waals surface area contributed by atoms with Gasteiger partial charge in [0.05, 0.1) is 18.3 Å². The average Bonchev–Trinajstić information content (AvgIpc) is 2.34. The summed E-state index contributed by atoms with van der Waals surface area (Å²) in [6.07, 6.45) is 3.21. The number of aromatic nitrogens is 2. The van der Waals surface area contributed by atoms with E-state index in [-0.39, 0.29) is 18.9 Å². The molecule has 1 rings (SSSR count). The van der Waals surface area contributed by atoms with Crippen LogP contribution in [0.15, 0.2) is 25.0 Å². The molecule has 106 valence electrons. The molecule has 6 nitrogen and oxygen atoms in total. The van der Waals surface area contributed by atoms with Crippen molar-refractivity contribution in [3.8, 4) is 0 Å². The van der Waals surface area contributed by atoms with E-state index in [4.69, 9.17) is 4.74 Å². The van der Waals surface area contributed by atoms with Gasteiger partial charge in [0.15, 0.2) is 5.82 Å². The number of allylic oxidation sites excluding steroid dienone is 1. The van der Waals surface area contributed by atoms with Crippen LogP contribution < -0.4 is 0 Å². The number of methoxy groups -OCH3 is 1. The zero-order valence-corrected chi connectivity index (χ0v) is 11.2. The highest BCUT2D eigenvalue weighted by molar-refractivity contribution is 7.86. The summed E-state index contributed by atoms with van der Waals surface area (Å²) in [7, 11) is -2.92. The van der Waals surface area contributed by atoms with Crippen LogP contribution in [0.4, 0.5) is 4.39 Å². The van der Waals surface area contributed by atoms with Crippen molar-refractivity contribution < 1.29 is 22.1 Å². The monoisotopic (exact) mass is 290 g/mol. The van der Waals surface area contributed by atoms with E-state index in [1.807, 2.05) is 0 Å². The molecule has 0 aliphatic rings. The highest BCUT2D eigenvalue weighted by atomic mass is 32.2. The summed E-state index contributed by atoms with van der Waals surface area (Å²) in [5.41, 5.74) is 0. The molecule has 1 heterocycles. The zero-order valence-electron chi connectivity index (χ0n) is 10.4. The van der Waals surface area contributed by atoms with Crippen LogP contribution in [0, 0.1) is 5.82 Å². The minimum atomic E-state index is -4.33. The molecule has 0 amide bonds. The number of halogens is 1. The molecule has 1 aromatic rings. The lowest BCUT2D eigenvalue weighted by Gasteiger charge is -2.20. The van der Waals surface area contributed by atoms with E-state index in [1.165, 1.54) is 13.2 Å². The van der Waals surface area contributed by atoms with Crippen molar-refractivity contribution >= 4 is 10.1 Å².